The molecule has 6 N–H and O–H groups in total. The fourth-order valence-electron chi connectivity index (χ4n) is 6.90. The van der Waals surface area contributed by atoms with Gasteiger partial charge in [-0.05, 0) is 96.1 Å². The van der Waals surface area contributed by atoms with Crippen molar-refractivity contribution in [2.75, 3.05) is 5.73 Å². The summed E-state index contributed by atoms with van der Waals surface area (Å²) < 4.78 is 5.10. The first-order valence-corrected chi connectivity index (χ1v) is 18.4. The Balaban J connectivity index is 0.000000371. The van der Waals surface area contributed by atoms with E-state index in [4.69, 9.17) is 5.73 Å². The highest BCUT2D eigenvalue weighted by molar-refractivity contribution is 7.26. The van der Waals surface area contributed by atoms with Crippen LogP contribution in [-0.2, 0) is 12.8 Å². The van der Waals surface area contributed by atoms with E-state index in [1.54, 1.807) is 0 Å². The van der Waals surface area contributed by atoms with Gasteiger partial charge in [0.1, 0.15) is 0 Å². The molecule has 0 bridgehead atoms. The van der Waals surface area contributed by atoms with Gasteiger partial charge >= 0.3 is 0 Å². The zero-order chi connectivity index (χ0) is 36.5. The average Bonchev–Trinajstić information content (AvgIpc) is 3.76. The van der Waals surface area contributed by atoms with Gasteiger partial charge in [0, 0.05) is 48.2 Å². The number of hydrogen-bond donors (Lipinski definition) is 3. The summed E-state index contributed by atoms with van der Waals surface area (Å²) in [5.74, 6) is 8.00. The number of nitriles is 1. The fraction of sp³-hybridized carbons (Fsp3) is 0.109. The van der Waals surface area contributed by atoms with Crippen molar-refractivity contribution in [3.8, 4) is 11.8 Å². The van der Waals surface area contributed by atoms with Crippen molar-refractivity contribution >= 4 is 59.7 Å². The van der Waals surface area contributed by atoms with Gasteiger partial charge in [0.2, 0.25) is 0 Å². The number of hydrogen-bond acceptors (Lipinski definition) is 5. The number of allylic oxidation sites excluding steroid dienone is 1. The Kier molecular flexibility index (Phi) is 11.6. The molecule has 0 unspecified atom stereocenters. The Hall–Kier alpha value is -5.97. The van der Waals surface area contributed by atoms with Crippen LogP contribution in [0.4, 0.5) is 5.69 Å². The van der Waals surface area contributed by atoms with Crippen LogP contribution in [0.3, 0.4) is 0 Å². The van der Waals surface area contributed by atoms with Crippen molar-refractivity contribution in [3.05, 3.63) is 179 Å². The van der Waals surface area contributed by atoms with E-state index >= 15 is 0 Å². The van der Waals surface area contributed by atoms with Crippen LogP contribution in [-0.4, -0.2) is 4.57 Å². The van der Waals surface area contributed by atoms with Gasteiger partial charge in [-0.2, -0.15) is 5.26 Å². The van der Waals surface area contributed by atoms with Crippen LogP contribution in [0.15, 0.2) is 146 Å². The molecule has 0 radical (unpaired) electrons. The summed E-state index contributed by atoms with van der Waals surface area (Å²) in [5, 5.41) is 13.5. The number of nitrogens with two attached hydrogens (primary N) is 3. The summed E-state index contributed by atoms with van der Waals surface area (Å²) in [6.45, 7) is 4.00. The second-order valence-electron chi connectivity index (χ2n) is 12.2. The second kappa shape index (κ2) is 16.8. The maximum Gasteiger partial charge on any atom is 0.0991 e. The molecule has 1 aliphatic carbocycles. The van der Waals surface area contributed by atoms with E-state index in [0.717, 1.165) is 35.9 Å². The molecule has 5 nitrogen and oxygen atoms in total. The molecule has 0 spiro atoms. The van der Waals surface area contributed by atoms with Crippen LogP contribution in [0.25, 0.3) is 48.4 Å². The Labute approximate surface area is 309 Å². The van der Waals surface area contributed by atoms with E-state index in [-0.39, 0.29) is 0 Å². The lowest BCUT2D eigenvalue weighted by atomic mass is 9.90. The summed E-state index contributed by atoms with van der Waals surface area (Å²) in [4.78, 5) is 0. The largest absolute Gasteiger partial charge is 0.399 e. The van der Waals surface area contributed by atoms with Crippen molar-refractivity contribution in [2.45, 2.75) is 33.1 Å². The average molecular weight is 698 g/mol. The SMILES string of the molecule is CC.N#Cc1ccc2c(c1)c1c(n2-c2ccc(Cc3ccccc3)cc2)CCC(c2cccc3c2sc2ccccc23)=C1.NN.Nc1ccccc1. The molecule has 0 atom stereocenters. The molecule has 0 fully saturated rings. The summed E-state index contributed by atoms with van der Waals surface area (Å²) in [7, 11) is 0. The van der Waals surface area contributed by atoms with Crippen LogP contribution in [0.5, 0.6) is 0 Å². The minimum absolute atomic E-state index is 0.697. The lowest BCUT2D eigenvalue weighted by Gasteiger charge is -2.18. The Bertz CT molecular complexity index is 2490. The molecule has 52 heavy (non-hydrogen) atoms. The van der Waals surface area contributed by atoms with E-state index < -0.39 is 0 Å². The number of para-hydroxylation sites is 1. The van der Waals surface area contributed by atoms with Crippen LogP contribution < -0.4 is 17.4 Å². The number of hydrazine groups is 1. The number of fused-ring (bicyclic) bond motifs is 6. The normalized spacial score (nSPS) is 11.6. The fourth-order valence-corrected chi connectivity index (χ4v) is 8.15. The van der Waals surface area contributed by atoms with Gasteiger partial charge in [-0.1, -0.05) is 111 Å². The van der Waals surface area contributed by atoms with Crippen molar-refractivity contribution in [1.82, 2.24) is 4.57 Å². The number of nitrogens with zero attached hydrogens (tertiary/aromatic N) is 2. The standard InChI is InChI=1S/C38H26N2S.C6H7N.C2H6.H4N2/c39-24-27-15-19-35-33(22-27)34-23-28(30-10-6-11-32-31-9-4-5-12-37(31)41-38(30)32)16-20-36(34)40(35)29-17-13-26(14-18-29)21-25-7-2-1-3-8-25;7-6-4-2-1-3-5-6;2*1-2/h1-15,17-19,22-23H,16,20-21H2;1-5H,7H2;1-2H3;1-2H2. The third kappa shape index (κ3) is 7.39. The van der Waals surface area contributed by atoms with Gasteiger partial charge in [0.15, 0.2) is 0 Å². The third-order valence-corrected chi connectivity index (χ3v) is 10.4. The lowest BCUT2D eigenvalue weighted by Crippen LogP contribution is -2.05. The monoisotopic (exact) mass is 697 g/mol. The molecule has 258 valence electrons. The molecular weight excluding hydrogens is 655 g/mol. The van der Waals surface area contributed by atoms with Crippen LogP contribution in [0, 0.1) is 11.3 Å². The van der Waals surface area contributed by atoms with E-state index in [2.05, 4.69) is 138 Å². The first-order chi connectivity index (χ1) is 25.7. The molecule has 6 aromatic carbocycles. The second-order valence-corrected chi connectivity index (χ2v) is 13.3. The van der Waals surface area contributed by atoms with Gasteiger partial charge in [0.25, 0.3) is 0 Å². The van der Waals surface area contributed by atoms with E-state index in [9.17, 15) is 5.26 Å². The zero-order valence-corrected chi connectivity index (χ0v) is 30.4. The molecule has 0 amide bonds. The number of rotatable bonds is 4. The quantitative estimate of drug-likeness (QED) is 0.0966. The maximum absolute atomic E-state index is 9.72. The minimum Gasteiger partial charge on any atom is -0.399 e. The minimum atomic E-state index is 0.697. The van der Waals surface area contributed by atoms with E-state index in [1.165, 1.54) is 59.4 Å². The molecule has 0 aliphatic heterocycles. The van der Waals surface area contributed by atoms with Crippen molar-refractivity contribution in [2.24, 2.45) is 11.7 Å². The van der Waals surface area contributed by atoms with E-state index in [0.29, 0.717) is 5.56 Å². The number of benzene rings is 6. The molecule has 0 saturated heterocycles. The molecule has 1 aliphatic rings. The predicted molar refractivity (Wildman–Crippen MR) is 223 cm³/mol. The van der Waals surface area contributed by atoms with Gasteiger partial charge in [-0.15, -0.1) is 11.3 Å². The van der Waals surface area contributed by atoms with Crippen molar-refractivity contribution < 1.29 is 0 Å². The van der Waals surface area contributed by atoms with Gasteiger partial charge in [0.05, 0.1) is 17.1 Å². The zero-order valence-electron chi connectivity index (χ0n) is 29.6. The number of anilines is 1. The first kappa shape index (κ1) is 35.8. The van der Waals surface area contributed by atoms with Crippen LogP contribution in [0.1, 0.15) is 53.8 Å². The van der Waals surface area contributed by atoms with Gasteiger partial charge in [-0.3, -0.25) is 11.7 Å². The van der Waals surface area contributed by atoms with Gasteiger partial charge < -0.3 is 10.3 Å². The molecule has 9 rings (SSSR count). The Morgan fingerprint density at radius 1 is 0.673 bits per heavy atom. The van der Waals surface area contributed by atoms with Crippen molar-refractivity contribution in [1.29, 1.82) is 5.26 Å². The topological polar surface area (TPSA) is 107 Å². The Morgan fingerprint density at radius 3 is 2.02 bits per heavy atom. The highest BCUT2D eigenvalue weighted by Crippen LogP contribution is 2.43. The van der Waals surface area contributed by atoms with Gasteiger partial charge in [-0.25, -0.2) is 0 Å². The van der Waals surface area contributed by atoms with E-state index in [1.807, 2.05) is 61.6 Å². The number of thiophene rings is 1. The highest BCUT2D eigenvalue weighted by atomic mass is 32.1. The lowest BCUT2D eigenvalue weighted by molar-refractivity contribution is 0.898. The summed E-state index contributed by atoms with van der Waals surface area (Å²) in [6.07, 6.45) is 5.24. The summed E-state index contributed by atoms with van der Waals surface area (Å²) in [5.41, 5.74) is 17.1. The molecular formula is C46H43N5S. The number of nitrogen functional groups attached to an aromatic ring is 1. The first-order valence-electron chi connectivity index (χ1n) is 17.6. The summed E-state index contributed by atoms with van der Waals surface area (Å²) in [6, 6.07) is 53.0. The third-order valence-electron chi connectivity index (χ3n) is 9.18. The van der Waals surface area contributed by atoms with Crippen LogP contribution >= 0.6 is 11.3 Å². The predicted octanol–water partition coefficient (Wildman–Crippen LogP) is 11.1. The smallest absolute Gasteiger partial charge is 0.0991 e. The molecule has 2 heterocycles. The number of aromatic nitrogens is 1. The highest BCUT2D eigenvalue weighted by Gasteiger charge is 2.23. The Morgan fingerprint density at radius 2 is 1.33 bits per heavy atom. The maximum atomic E-state index is 9.72. The van der Waals surface area contributed by atoms with Crippen molar-refractivity contribution in [3.63, 3.8) is 0 Å². The van der Waals surface area contributed by atoms with Crippen LogP contribution in [0.2, 0.25) is 0 Å². The molecule has 8 aromatic rings. The molecule has 6 heteroatoms. The summed E-state index contributed by atoms with van der Waals surface area (Å²) >= 11 is 1.89. The molecule has 0 saturated carbocycles. The molecule has 2 aromatic heterocycles.